The number of carboxylic acids is 1. The topological polar surface area (TPSA) is 89.7 Å². The van der Waals surface area contributed by atoms with Gasteiger partial charge in [0.05, 0.1) is 18.5 Å². The van der Waals surface area contributed by atoms with Gasteiger partial charge in [-0.25, -0.2) is 0 Å². The summed E-state index contributed by atoms with van der Waals surface area (Å²) in [7, 11) is 1.34. The normalized spacial score (nSPS) is 11.9. The molecule has 6 nitrogen and oxygen atoms in total. The summed E-state index contributed by atoms with van der Waals surface area (Å²) in [6.45, 7) is 1.74. The molecule has 1 aromatic rings. The lowest BCUT2D eigenvalue weighted by Gasteiger charge is -2.10. The Morgan fingerprint density at radius 3 is 2.71 bits per heavy atom. The molecule has 17 heavy (non-hydrogen) atoms. The van der Waals surface area contributed by atoms with Crippen molar-refractivity contribution in [3.63, 3.8) is 0 Å². The molecular formula is C11H13NO5. The molecule has 1 N–H and O–H groups in total. The van der Waals surface area contributed by atoms with Crippen LogP contribution in [0.3, 0.4) is 0 Å². The Labute approximate surface area is 98.0 Å². The number of nitro benzene ring substituents is 1. The van der Waals surface area contributed by atoms with Gasteiger partial charge in [0, 0.05) is 6.07 Å². The van der Waals surface area contributed by atoms with Gasteiger partial charge in [0.2, 0.25) is 0 Å². The summed E-state index contributed by atoms with van der Waals surface area (Å²) in [6, 6.07) is 4.38. The molecule has 6 heteroatoms. The van der Waals surface area contributed by atoms with Crippen LogP contribution in [-0.4, -0.2) is 23.1 Å². The summed E-state index contributed by atoms with van der Waals surface area (Å²) in [5.41, 5.74) is 0.577. The molecule has 0 fully saturated rings. The van der Waals surface area contributed by atoms with Crippen LogP contribution in [0.2, 0.25) is 0 Å². The lowest BCUT2D eigenvalue weighted by Crippen LogP contribution is -2.03. The summed E-state index contributed by atoms with van der Waals surface area (Å²) >= 11 is 0. The molecule has 0 aliphatic carbocycles. The molecule has 1 atom stereocenters. The molecule has 0 saturated heterocycles. The van der Waals surface area contributed by atoms with Crippen molar-refractivity contribution in [2.45, 2.75) is 19.3 Å². The van der Waals surface area contributed by atoms with E-state index in [9.17, 15) is 14.9 Å². The van der Waals surface area contributed by atoms with Crippen LogP contribution in [0.25, 0.3) is 0 Å². The number of ether oxygens (including phenoxy) is 1. The highest BCUT2D eigenvalue weighted by atomic mass is 16.6. The molecule has 1 rings (SSSR count). The van der Waals surface area contributed by atoms with Crippen molar-refractivity contribution in [2.24, 2.45) is 0 Å². The number of rotatable bonds is 5. The average molecular weight is 239 g/mol. The maximum absolute atomic E-state index is 10.7. The van der Waals surface area contributed by atoms with E-state index in [1.54, 1.807) is 13.0 Å². The summed E-state index contributed by atoms with van der Waals surface area (Å²) < 4.78 is 4.91. The van der Waals surface area contributed by atoms with E-state index in [2.05, 4.69) is 0 Å². The summed E-state index contributed by atoms with van der Waals surface area (Å²) in [5.74, 6) is -0.984. The predicted octanol–water partition coefficient (Wildman–Crippen LogP) is 2.18. The Morgan fingerprint density at radius 1 is 1.59 bits per heavy atom. The largest absolute Gasteiger partial charge is 0.490 e. The van der Waals surface area contributed by atoms with Gasteiger partial charge in [-0.05, 0) is 17.5 Å². The first kappa shape index (κ1) is 13.0. The Kier molecular flexibility index (Phi) is 4.03. The fraction of sp³-hybridized carbons (Fsp3) is 0.364. The molecule has 0 radical (unpaired) electrons. The number of aliphatic carboxylic acids is 1. The van der Waals surface area contributed by atoms with Gasteiger partial charge in [-0.2, -0.15) is 0 Å². The van der Waals surface area contributed by atoms with Crippen molar-refractivity contribution in [3.8, 4) is 5.75 Å². The van der Waals surface area contributed by atoms with Crippen molar-refractivity contribution in [3.05, 3.63) is 33.9 Å². The van der Waals surface area contributed by atoms with Crippen LogP contribution in [0.4, 0.5) is 5.69 Å². The molecule has 1 unspecified atom stereocenters. The molecule has 0 aliphatic rings. The Morgan fingerprint density at radius 2 is 2.24 bits per heavy atom. The smallest absolute Gasteiger partial charge is 0.310 e. The van der Waals surface area contributed by atoms with E-state index in [-0.39, 0.29) is 23.8 Å². The summed E-state index contributed by atoms with van der Waals surface area (Å²) in [4.78, 5) is 20.7. The highest BCUT2D eigenvalue weighted by Gasteiger charge is 2.18. The van der Waals surface area contributed by atoms with Crippen LogP contribution in [0.5, 0.6) is 5.75 Å². The summed E-state index contributed by atoms with van der Waals surface area (Å²) in [5, 5.41) is 19.3. The van der Waals surface area contributed by atoms with E-state index < -0.39 is 10.9 Å². The Hall–Kier alpha value is -2.11. The van der Waals surface area contributed by atoms with Gasteiger partial charge in [-0.1, -0.05) is 13.0 Å². The van der Waals surface area contributed by atoms with Crippen molar-refractivity contribution >= 4 is 11.7 Å². The van der Waals surface area contributed by atoms with E-state index in [1.807, 2.05) is 0 Å². The van der Waals surface area contributed by atoms with E-state index in [4.69, 9.17) is 9.84 Å². The molecule has 0 bridgehead atoms. The molecule has 0 aliphatic heterocycles. The minimum Gasteiger partial charge on any atom is -0.490 e. The van der Waals surface area contributed by atoms with Crippen molar-refractivity contribution in [1.29, 1.82) is 0 Å². The highest BCUT2D eigenvalue weighted by molar-refractivity contribution is 5.68. The number of carbonyl (C=O) groups is 1. The third-order valence-corrected chi connectivity index (χ3v) is 2.45. The maximum atomic E-state index is 10.7. The van der Waals surface area contributed by atoms with Gasteiger partial charge < -0.3 is 9.84 Å². The zero-order valence-corrected chi connectivity index (χ0v) is 9.54. The molecular weight excluding hydrogens is 226 g/mol. The molecule has 0 saturated carbocycles. The molecule has 92 valence electrons. The number of benzene rings is 1. The van der Waals surface area contributed by atoms with Crippen LogP contribution < -0.4 is 4.74 Å². The first-order chi connectivity index (χ1) is 7.95. The van der Waals surface area contributed by atoms with Crippen molar-refractivity contribution in [1.82, 2.24) is 0 Å². The van der Waals surface area contributed by atoms with Gasteiger partial charge in [-0.3, -0.25) is 14.9 Å². The average Bonchev–Trinajstić information content (AvgIpc) is 2.27. The predicted molar refractivity (Wildman–Crippen MR) is 60.3 cm³/mol. The monoisotopic (exact) mass is 239 g/mol. The summed E-state index contributed by atoms with van der Waals surface area (Å²) in [6.07, 6.45) is -0.0268. The van der Waals surface area contributed by atoms with Gasteiger partial charge in [0.15, 0.2) is 5.75 Å². The zero-order chi connectivity index (χ0) is 13.0. The van der Waals surface area contributed by atoms with E-state index in [0.29, 0.717) is 5.56 Å². The second kappa shape index (κ2) is 5.29. The van der Waals surface area contributed by atoms with Crippen LogP contribution in [0, 0.1) is 10.1 Å². The van der Waals surface area contributed by atoms with E-state index in [0.717, 1.165) is 0 Å². The third kappa shape index (κ3) is 3.17. The minimum atomic E-state index is -0.908. The van der Waals surface area contributed by atoms with Crippen molar-refractivity contribution in [2.75, 3.05) is 7.11 Å². The fourth-order valence-corrected chi connectivity index (χ4v) is 1.53. The SMILES string of the molecule is COc1cc(C(C)CC(=O)O)ccc1[N+](=O)[O-]. The second-order valence-corrected chi connectivity index (χ2v) is 3.69. The molecule has 1 aromatic carbocycles. The van der Waals surface area contributed by atoms with Gasteiger partial charge in [0.1, 0.15) is 0 Å². The number of nitro groups is 1. The van der Waals surface area contributed by atoms with E-state index >= 15 is 0 Å². The molecule has 0 spiro atoms. The first-order valence-electron chi connectivity index (χ1n) is 4.99. The Bertz CT molecular complexity index is 443. The quantitative estimate of drug-likeness (QED) is 0.628. The number of nitrogens with zero attached hydrogens (tertiary/aromatic N) is 1. The highest BCUT2D eigenvalue weighted by Crippen LogP contribution is 2.31. The van der Waals surface area contributed by atoms with Gasteiger partial charge in [-0.15, -0.1) is 0 Å². The number of hydrogen-bond donors (Lipinski definition) is 1. The number of hydrogen-bond acceptors (Lipinski definition) is 4. The van der Waals surface area contributed by atoms with Crippen LogP contribution in [0.15, 0.2) is 18.2 Å². The van der Waals surface area contributed by atoms with Gasteiger partial charge >= 0.3 is 11.7 Å². The lowest BCUT2D eigenvalue weighted by atomic mass is 9.97. The fourth-order valence-electron chi connectivity index (χ4n) is 1.53. The minimum absolute atomic E-state index is 0.0268. The van der Waals surface area contributed by atoms with Crippen LogP contribution >= 0.6 is 0 Å². The maximum Gasteiger partial charge on any atom is 0.310 e. The molecule has 0 amide bonds. The molecule has 0 aromatic heterocycles. The van der Waals surface area contributed by atoms with E-state index in [1.165, 1.54) is 19.2 Å². The number of carboxylic acid groups (broad SMARTS) is 1. The van der Waals surface area contributed by atoms with Crippen LogP contribution in [0.1, 0.15) is 24.8 Å². The lowest BCUT2D eigenvalue weighted by molar-refractivity contribution is -0.385. The number of methoxy groups -OCH3 is 1. The second-order valence-electron chi connectivity index (χ2n) is 3.69. The zero-order valence-electron chi connectivity index (χ0n) is 9.54. The third-order valence-electron chi connectivity index (χ3n) is 2.45. The van der Waals surface area contributed by atoms with Crippen molar-refractivity contribution < 1.29 is 19.6 Å². The van der Waals surface area contributed by atoms with Crippen LogP contribution in [-0.2, 0) is 4.79 Å². The van der Waals surface area contributed by atoms with Gasteiger partial charge in [0.25, 0.3) is 0 Å². The Balaban J connectivity index is 3.04. The first-order valence-corrected chi connectivity index (χ1v) is 4.99. The standard InChI is InChI=1S/C11H13NO5/c1-7(5-11(13)14)8-3-4-9(12(15)16)10(6-8)17-2/h3-4,6-7H,5H2,1-2H3,(H,13,14). The molecule has 0 heterocycles.